The summed E-state index contributed by atoms with van der Waals surface area (Å²) in [7, 11) is 1.16. The Morgan fingerprint density at radius 1 is 1.24 bits per heavy atom. The van der Waals surface area contributed by atoms with Crippen molar-refractivity contribution in [1.82, 2.24) is 4.98 Å². The van der Waals surface area contributed by atoms with Gasteiger partial charge in [-0.25, -0.2) is 4.79 Å². The fourth-order valence-corrected chi connectivity index (χ4v) is 1.80. The van der Waals surface area contributed by atoms with Crippen molar-refractivity contribution in [2.24, 2.45) is 0 Å². The largest absolute Gasteiger partial charge is 0.465 e. The van der Waals surface area contributed by atoms with Crippen LogP contribution in [0.4, 0.5) is 13.2 Å². The van der Waals surface area contributed by atoms with Crippen molar-refractivity contribution in [1.29, 1.82) is 0 Å². The second-order valence-corrected chi connectivity index (χ2v) is 4.20. The molecule has 0 saturated heterocycles. The van der Waals surface area contributed by atoms with Gasteiger partial charge in [0.25, 0.3) is 5.56 Å². The van der Waals surface area contributed by atoms with Crippen LogP contribution >= 0.6 is 0 Å². The number of pyridine rings is 1. The third-order valence-corrected chi connectivity index (χ3v) is 2.83. The van der Waals surface area contributed by atoms with Crippen molar-refractivity contribution >= 4 is 5.97 Å². The summed E-state index contributed by atoms with van der Waals surface area (Å²) in [6.45, 7) is 0. The summed E-state index contributed by atoms with van der Waals surface area (Å²) in [5, 5.41) is 0. The molecule has 2 rings (SSSR count). The minimum absolute atomic E-state index is 0.0380. The molecule has 2 aromatic rings. The van der Waals surface area contributed by atoms with E-state index in [-0.39, 0.29) is 16.7 Å². The van der Waals surface area contributed by atoms with E-state index in [0.29, 0.717) is 0 Å². The minimum atomic E-state index is -4.51. The van der Waals surface area contributed by atoms with E-state index in [1.54, 1.807) is 0 Å². The summed E-state index contributed by atoms with van der Waals surface area (Å²) in [5.41, 5.74) is -1.39. The maximum absolute atomic E-state index is 12.7. The summed E-state index contributed by atoms with van der Waals surface area (Å²) in [4.78, 5) is 25.5. The lowest BCUT2D eigenvalue weighted by molar-refractivity contribution is -0.137. The predicted octanol–water partition coefficient (Wildman–Crippen LogP) is 2.85. The second-order valence-electron chi connectivity index (χ2n) is 4.20. The van der Waals surface area contributed by atoms with Crippen LogP contribution in [0.25, 0.3) is 11.1 Å². The van der Waals surface area contributed by atoms with E-state index in [1.165, 1.54) is 18.2 Å². The number of carbonyl (C=O) groups excluding carboxylic acids is 1. The average molecular weight is 297 g/mol. The predicted molar refractivity (Wildman–Crippen MR) is 68.8 cm³/mol. The lowest BCUT2D eigenvalue weighted by Crippen LogP contribution is -2.13. The van der Waals surface area contributed by atoms with Gasteiger partial charge in [-0.05, 0) is 23.8 Å². The van der Waals surface area contributed by atoms with Gasteiger partial charge in [-0.1, -0.05) is 12.1 Å². The first-order chi connectivity index (χ1) is 9.82. The molecule has 7 heteroatoms. The monoisotopic (exact) mass is 297 g/mol. The number of esters is 1. The Balaban J connectivity index is 2.56. The number of nitrogens with one attached hydrogen (secondary N) is 1. The number of methoxy groups -OCH3 is 1. The third kappa shape index (κ3) is 3.13. The summed E-state index contributed by atoms with van der Waals surface area (Å²) in [6.07, 6.45) is -3.37. The molecule has 0 unspecified atom stereocenters. The van der Waals surface area contributed by atoms with Gasteiger partial charge in [-0.3, -0.25) is 4.79 Å². The molecular weight excluding hydrogens is 287 g/mol. The van der Waals surface area contributed by atoms with Gasteiger partial charge in [-0.2, -0.15) is 13.2 Å². The number of carbonyl (C=O) groups is 1. The molecule has 1 heterocycles. The minimum Gasteiger partial charge on any atom is -0.465 e. The maximum Gasteiger partial charge on any atom is 0.416 e. The van der Waals surface area contributed by atoms with E-state index in [9.17, 15) is 22.8 Å². The molecular formula is C14H10F3NO3. The molecule has 110 valence electrons. The molecule has 1 aromatic carbocycles. The quantitative estimate of drug-likeness (QED) is 0.867. The summed E-state index contributed by atoms with van der Waals surface area (Å²) in [5.74, 6) is -0.695. The molecule has 1 aromatic heterocycles. The Labute approximate surface area is 117 Å². The summed E-state index contributed by atoms with van der Waals surface area (Å²) < 4.78 is 42.6. The zero-order valence-electron chi connectivity index (χ0n) is 10.8. The molecule has 0 aliphatic heterocycles. The molecule has 0 aliphatic rings. The Bertz CT molecular complexity index is 735. The number of hydrogen-bond donors (Lipinski definition) is 1. The van der Waals surface area contributed by atoms with Crippen LogP contribution in [0.5, 0.6) is 0 Å². The van der Waals surface area contributed by atoms with Crippen LogP contribution in [0.3, 0.4) is 0 Å². The highest BCUT2D eigenvalue weighted by Crippen LogP contribution is 2.31. The van der Waals surface area contributed by atoms with Crippen LogP contribution in [-0.2, 0) is 10.9 Å². The van der Waals surface area contributed by atoms with Crippen molar-refractivity contribution < 1.29 is 22.7 Å². The van der Waals surface area contributed by atoms with Gasteiger partial charge in [-0.15, -0.1) is 0 Å². The molecule has 1 N–H and O–H groups in total. The molecule has 0 saturated carbocycles. The molecule has 4 nitrogen and oxygen atoms in total. The second kappa shape index (κ2) is 5.43. The van der Waals surface area contributed by atoms with Crippen LogP contribution in [-0.4, -0.2) is 18.1 Å². The third-order valence-electron chi connectivity index (χ3n) is 2.83. The number of hydrogen-bond acceptors (Lipinski definition) is 3. The Hall–Kier alpha value is -2.57. The number of ether oxygens (including phenoxy) is 1. The van der Waals surface area contributed by atoms with Gasteiger partial charge in [0, 0.05) is 11.8 Å². The topological polar surface area (TPSA) is 59.2 Å². The van der Waals surface area contributed by atoms with Crippen molar-refractivity contribution in [3.05, 3.63) is 58.0 Å². The van der Waals surface area contributed by atoms with E-state index in [2.05, 4.69) is 9.72 Å². The fraction of sp³-hybridized carbons (Fsp3) is 0.143. The molecule has 21 heavy (non-hydrogen) atoms. The summed E-state index contributed by atoms with van der Waals surface area (Å²) >= 11 is 0. The smallest absolute Gasteiger partial charge is 0.416 e. The average Bonchev–Trinajstić information content (AvgIpc) is 2.46. The van der Waals surface area contributed by atoms with Crippen LogP contribution in [0, 0.1) is 0 Å². The Kier molecular flexibility index (Phi) is 3.84. The number of H-pyrrole nitrogens is 1. The molecule has 0 radical (unpaired) electrons. The van der Waals surface area contributed by atoms with E-state index in [4.69, 9.17) is 0 Å². The number of benzene rings is 1. The first-order valence-electron chi connectivity index (χ1n) is 5.81. The highest BCUT2D eigenvalue weighted by molar-refractivity contribution is 5.90. The zero-order chi connectivity index (χ0) is 15.6. The van der Waals surface area contributed by atoms with Crippen LogP contribution in [0.1, 0.15) is 15.9 Å². The van der Waals surface area contributed by atoms with Crippen molar-refractivity contribution in [2.75, 3.05) is 7.11 Å². The molecule has 0 aliphatic carbocycles. The van der Waals surface area contributed by atoms with Crippen LogP contribution < -0.4 is 5.56 Å². The lowest BCUT2D eigenvalue weighted by Gasteiger charge is -2.09. The van der Waals surface area contributed by atoms with E-state index >= 15 is 0 Å². The van der Waals surface area contributed by atoms with Crippen LogP contribution in [0.15, 0.2) is 41.3 Å². The zero-order valence-corrected chi connectivity index (χ0v) is 10.8. The van der Waals surface area contributed by atoms with Crippen molar-refractivity contribution in [3.63, 3.8) is 0 Å². The first-order valence-corrected chi connectivity index (χ1v) is 5.81. The molecule has 0 bridgehead atoms. The molecule has 0 fully saturated rings. The number of rotatable bonds is 2. The number of aromatic nitrogens is 1. The first kappa shape index (κ1) is 14.8. The van der Waals surface area contributed by atoms with Gasteiger partial charge in [0.05, 0.1) is 18.2 Å². The van der Waals surface area contributed by atoms with Gasteiger partial charge < -0.3 is 9.72 Å². The standard InChI is InChI=1S/C14H10F3NO3/c1-21-13(20)9-6-11(12(19)18-7-9)8-3-2-4-10(5-8)14(15,16)17/h2-7H,1H3,(H,18,19). The van der Waals surface area contributed by atoms with Crippen molar-refractivity contribution in [2.45, 2.75) is 6.18 Å². The van der Waals surface area contributed by atoms with E-state index in [1.807, 2.05) is 0 Å². The van der Waals surface area contributed by atoms with Crippen LogP contribution in [0.2, 0.25) is 0 Å². The number of alkyl halides is 3. The fourth-order valence-electron chi connectivity index (χ4n) is 1.80. The Morgan fingerprint density at radius 2 is 1.95 bits per heavy atom. The highest BCUT2D eigenvalue weighted by Gasteiger charge is 2.30. The van der Waals surface area contributed by atoms with Gasteiger partial charge in [0.1, 0.15) is 0 Å². The SMILES string of the molecule is COC(=O)c1c[nH]c(=O)c(-c2cccc(C(F)(F)F)c2)c1. The van der Waals surface area contributed by atoms with Gasteiger partial charge in [0.15, 0.2) is 0 Å². The number of halogens is 3. The molecule has 0 amide bonds. The Morgan fingerprint density at radius 3 is 2.57 bits per heavy atom. The van der Waals surface area contributed by atoms with E-state index in [0.717, 1.165) is 25.4 Å². The molecule has 0 atom stereocenters. The summed E-state index contributed by atoms with van der Waals surface area (Å²) in [6, 6.07) is 5.51. The van der Waals surface area contributed by atoms with Gasteiger partial charge in [0.2, 0.25) is 0 Å². The lowest BCUT2D eigenvalue weighted by atomic mass is 10.0. The van der Waals surface area contributed by atoms with E-state index < -0.39 is 23.3 Å². The maximum atomic E-state index is 12.7. The van der Waals surface area contributed by atoms with Crippen molar-refractivity contribution in [3.8, 4) is 11.1 Å². The van der Waals surface area contributed by atoms with Gasteiger partial charge >= 0.3 is 12.1 Å². The molecule has 0 spiro atoms. The normalized spacial score (nSPS) is 11.2. The number of aromatic amines is 1. The highest BCUT2D eigenvalue weighted by atomic mass is 19.4.